The van der Waals surface area contributed by atoms with E-state index in [1.54, 1.807) is 24.3 Å². The molecule has 0 saturated carbocycles. The predicted molar refractivity (Wildman–Crippen MR) is 117 cm³/mol. The molecule has 0 fully saturated rings. The molecule has 9 nitrogen and oxygen atoms in total. The van der Waals surface area contributed by atoms with Crippen molar-refractivity contribution in [2.75, 3.05) is 12.4 Å². The lowest BCUT2D eigenvalue weighted by Gasteiger charge is -2.21. The second-order valence-corrected chi connectivity index (χ2v) is 9.26. The molecular weight excluding hydrogens is 422 g/mol. The Morgan fingerprint density at radius 1 is 1.19 bits per heavy atom. The molecule has 1 heterocycles. The third-order valence-corrected chi connectivity index (χ3v) is 6.23. The lowest BCUT2D eigenvalue weighted by Crippen LogP contribution is -2.44. The highest BCUT2D eigenvalue weighted by atomic mass is 32.2. The van der Waals surface area contributed by atoms with Crippen molar-refractivity contribution in [1.82, 2.24) is 9.29 Å². The first-order valence-electron chi connectivity index (χ1n) is 9.68. The van der Waals surface area contributed by atoms with Crippen molar-refractivity contribution < 1.29 is 22.4 Å². The van der Waals surface area contributed by atoms with Crippen LogP contribution < -0.4 is 20.5 Å². The van der Waals surface area contributed by atoms with Crippen LogP contribution in [0.4, 0.5) is 5.69 Å². The van der Waals surface area contributed by atoms with Crippen LogP contribution in [0.3, 0.4) is 0 Å². The summed E-state index contributed by atoms with van der Waals surface area (Å²) in [6, 6.07) is 9.97. The SMILES string of the molecule is COc1ccccc1NC(=O)[C@@H](CC(C)C)NS(=O)(=O)c1ccc2c(c1)oc(=O)n2C. The first kappa shape index (κ1) is 22.6. The van der Waals surface area contributed by atoms with Crippen LogP contribution in [0.5, 0.6) is 5.75 Å². The summed E-state index contributed by atoms with van der Waals surface area (Å²) in [7, 11) is -1.05. The van der Waals surface area contributed by atoms with Gasteiger partial charge in [-0.15, -0.1) is 0 Å². The number of ether oxygens (including phenoxy) is 1. The Kier molecular flexibility index (Phi) is 6.51. The van der Waals surface area contributed by atoms with Crippen molar-refractivity contribution in [1.29, 1.82) is 0 Å². The summed E-state index contributed by atoms with van der Waals surface area (Å²) in [6.45, 7) is 3.78. The van der Waals surface area contributed by atoms with E-state index in [-0.39, 0.29) is 22.8 Å². The minimum Gasteiger partial charge on any atom is -0.495 e. The first-order chi connectivity index (χ1) is 14.6. The molecule has 0 radical (unpaired) electrons. The van der Waals surface area contributed by atoms with E-state index in [1.165, 1.54) is 36.9 Å². The van der Waals surface area contributed by atoms with E-state index < -0.39 is 27.7 Å². The third-order valence-electron chi connectivity index (χ3n) is 4.76. The first-order valence-corrected chi connectivity index (χ1v) is 11.2. The molecule has 0 unspecified atom stereocenters. The molecule has 10 heteroatoms. The van der Waals surface area contributed by atoms with E-state index in [0.29, 0.717) is 17.0 Å². The van der Waals surface area contributed by atoms with Gasteiger partial charge in [0.25, 0.3) is 0 Å². The summed E-state index contributed by atoms with van der Waals surface area (Å²) in [5.74, 6) is -0.585. The second-order valence-electron chi connectivity index (χ2n) is 7.55. The lowest BCUT2D eigenvalue weighted by atomic mass is 10.0. The van der Waals surface area contributed by atoms with Gasteiger partial charge in [-0.25, -0.2) is 13.2 Å². The van der Waals surface area contributed by atoms with Crippen LogP contribution in [0.15, 0.2) is 56.6 Å². The van der Waals surface area contributed by atoms with Crippen molar-refractivity contribution in [3.8, 4) is 5.75 Å². The Balaban J connectivity index is 1.88. The highest BCUT2D eigenvalue weighted by molar-refractivity contribution is 7.89. The number of fused-ring (bicyclic) bond motifs is 1. The van der Waals surface area contributed by atoms with Crippen molar-refractivity contribution in [3.63, 3.8) is 0 Å². The quantitative estimate of drug-likeness (QED) is 0.547. The topological polar surface area (TPSA) is 120 Å². The minimum atomic E-state index is -4.07. The zero-order chi connectivity index (χ0) is 22.8. The van der Waals surface area contributed by atoms with Crippen molar-refractivity contribution >= 4 is 32.7 Å². The van der Waals surface area contributed by atoms with Crippen LogP contribution in [0.1, 0.15) is 20.3 Å². The smallest absolute Gasteiger partial charge is 0.419 e. The van der Waals surface area contributed by atoms with Crippen molar-refractivity contribution in [2.45, 2.75) is 31.2 Å². The van der Waals surface area contributed by atoms with Crippen LogP contribution in [0, 0.1) is 5.92 Å². The standard InChI is InChI=1S/C21H25N3O6S/c1-13(2)11-16(20(25)22-15-7-5-6-8-18(15)29-4)23-31(27,28)14-9-10-17-19(12-14)30-21(26)24(17)3/h5-10,12-13,16,23H,11H2,1-4H3,(H,22,25)/t16-/m1/s1. The fraction of sp³-hybridized carbons (Fsp3) is 0.333. The Morgan fingerprint density at radius 2 is 1.90 bits per heavy atom. The highest BCUT2D eigenvalue weighted by Crippen LogP contribution is 2.24. The zero-order valence-corrected chi connectivity index (χ0v) is 18.5. The van der Waals surface area contributed by atoms with Crippen LogP contribution >= 0.6 is 0 Å². The number of carbonyl (C=O) groups is 1. The summed E-state index contributed by atoms with van der Waals surface area (Å²) >= 11 is 0. The maximum Gasteiger partial charge on any atom is 0.419 e. The van der Waals surface area contributed by atoms with Gasteiger partial charge in [0.15, 0.2) is 5.58 Å². The van der Waals surface area contributed by atoms with Crippen LogP contribution in [0.2, 0.25) is 0 Å². The summed E-state index contributed by atoms with van der Waals surface area (Å²) < 4.78 is 40.1. The average Bonchev–Trinajstić information content (AvgIpc) is 3.00. The number of carbonyl (C=O) groups excluding carboxylic acids is 1. The Morgan fingerprint density at radius 3 is 2.58 bits per heavy atom. The van der Waals surface area contributed by atoms with Crippen LogP contribution in [0.25, 0.3) is 11.1 Å². The van der Waals surface area contributed by atoms with E-state index in [1.807, 2.05) is 13.8 Å². The number of oxazole rings is 1. The maximum atomic E-state index is 13.0. The number of aromatic nitrogens is 1. The van der Waals surface area contributed by atoms with Crippen LogP contribution in [-0.4, -0.2) is 32.0 Å². The summed E-state index contributed by atoms with van der Waals surface area (Å²) in [5, 5.41) is 2.73. The molecule has 0 saturated heterocycles. The molecule has 0 aliphatic heterocycles. The Labute approximate surface area is 180 Å². The van der Waals surface area contributed by atoms with Gasteiger partial charge < -0.3 is 14.5 Å². The van der Waals surface area contributed by atoms with Gasteiger partial charge in [0.2, 0.25) is 15.9 Å². The lowest BCUT2D eigenvalue weighted by molar-refractivity contribution is -0.118. The Bertz CT molecular complexity index is 1260. The normalized spacial score (nSPS) is 12.8. The molecule has 0 bridgehead atoms. The van der Waals surface area contributed by atoms with Crippen molar-refractivity contribution in [2.24, 2.45) is 13.0 Å². The Hall–Kier alpha value is -3.11. The van der Waals surface area contributed by atoms with Gasteiger partial charge in [0.05, 0.1) is 23.2 Å². The summed E-state index contributed by atoms with van der Waals surface area (Å²) in [5.41, 5.74) is 1.06. The monoisotopic (exact) mass is 447 g/mol. The summed E-state index contributed by atoms with van der Waals surface area (Å²) in [4.78, 5) is 24.5. The van der Waals surface area contributed by atoms with Crippen molar-refractivity contribution in [3.05, 3.63) is 53.0 Å². The van der Waals surface area contributed by atoms with Gasteiger partial charge in [-0.2, -0.15) is 4.72 Å². The fourth-order valence-corrected chi connectivity index (χ4v) is 4.41. The predicted octanol–water partition coefficient (Wildman–Crippen LogP) is 2.47. The number of amides is 1. The van der Waals surface area contributed by atoms with Crippen LogP contribution in [-0.2, 0) is 21.9 Å². The maximum absolute atomic E-state index is 13.0. The number of nitrogens with one attached hydrogen (secondary N) is 2. The zero-order valence-electron chi connectivity index (χ0n) is 17.7. The number of aryl methyl sites for hydroxylation is 1. The van der Waals surface area contributed by atoms with E-state index in [4.69, 9.17) is 9.15 Å². The van der Waals surface area contributed by atoms with Gasteiger partial charge >= 0.3 is 5.76 Å². The van der Waals surface area contributed by atoms with E-state index in [0.717, 1.165) is 0 Å². The molecule has 3 rings (SSSR count). The number of anilines is 1. The van der Waals surface area contributed by atoms with Gasteiger partial charge in [-0.05, 0) is 36.6 Å². The number of hydrogen-bond donors (Lipinski definition) is 2. The minimum absolute atomic E-state index is 0.0470. The van der Waals surface area contributed by atoms with Gasteiger partial charge in [-0.1, -0.05) is 26.0 Å². The van der Waals surface area contributed by atoms with E-state index in [9.17, 15) is 18.0 Å². The summed E-state index contributed by atoms with van der Waals surface area (Å²) in [6.07, 6.45) is 0.281. The number of rotatable bonds is 8. The second kappa shape index (κ2) is 8.94. The molecule has 0 aliphatic carbocycles. The van der Waals surface area contributed by atoms with E-state index in [2.05, 4.69) is 10.0 Å². The molecular formula is C21H25N3O6S. The largest absolute Gasteiger partial charge is 0.495 e. The number of nitrogens with zero attached hydrogens (tertiary/aromatic N) is 1. The third kappa shape index (κ3) is 4.97. The molecule has 1 atom stereocenters. The molecule has 0 aliphatic rings. The molecule has 1 amide bonds. The van der Waals surface area contributed by atoms with E-state index >= 15 is 0 Å². The van der Waals surface area contributed by atoms with Gasteiger partial charge in [0.1, 0.15) is 11.8 Å². The number of methoxy groups -OCH3 is 1. The van der Waals surface area contributed by atoms with Gasteiger partial charge in [0, 0.05) is 13.1 Å². The molecule has 3 aromatic rings. The molecule has 31 heavy (non-hydrogen) atoms. The number of hydrogen-bond acceptors (Lipinski definition) is 6. The number of benzene rings is 2. The number of para-hydroxylation sites is 2. The number of sulfonamides is 1. The molecule has 2 aromatic carbocycles. The fourth-order valence-electron chi connectivity index (χ4n) is 3.18. The molecule has 0 spiro atoms. The highest BCUT2D eigenvalue weighted by Gasteiger charge is 2.27. The van der Waals surface area contributed by atoms with Gasteiger partial charge in [-0.3, -0.25) is 9.36 Å². The molecule has 166 valence electrons. The average molecular weight is 448 g/mol. The molecule has 2 N–H and O–H groups in total. The molecule has 1 aromatic heterocycles.